The lowest BCUT2D eigenvalue weighted by Crippen LogP contribution is -2.36. The Bertz CT molecular complexity index is 518. The van der Waals surface area contributed by atoms with Crippen molar-refractivity contribution in [3.63, 3.8) is 0 Å². The van der Waals surface area contributed by atoms with Crippen LogP contribution in [0, 0.1) is 0 Å². The van der Waals surface area contributed by atoms with Crippen molar-refractivity contribution < 1.29 is 19.1 Å². The van der Waals surface area contributed by atoms with Crippen molar-refractivity contribution in [2.45, 2.75) is 12.5 Å². The number of nitrogens with zero attached hydrogens (tertiary/aromatic N) is 1. The van der Waals surface area contributed by atoms with E-state index in [1.54, 1.807) is 37.3 Å². The van der Waals surface area contributed by atoms with Crippen molar-refractivity contribution in [2.24, 2.45) is 0 Å². The molecular weight excluding hydrogens is 272 g/mol. The standard InChI is InChI=1S/C15H20N2O4/c1-17-10-11(9-14(17)18)16-15(19)12-5-3-4-6-13(12)21-8-7-20-2/h3-6,11H,7-10H2,1-2H3,(H,16,19)/t11-/m1/s1. The van der Waals surface area contributed by atoms with Crippen molar-refractivity contribution in [1.82, 2.24) is 10.2 Å². The molecule has 1 atom stereocenters. The Morgan fingerprint density at radius 3 is 2.81 bits per heavy atom. The van der Waals surface area contributed by atoms with Gasteiger partial charge >= 0.3 is 0 Å². The van der Waals surface area contributed by atoms with Gasteiger partial charge in [-0.15, -0.1) is 0 Å². The number of ether oxygens (including phenoxy) is 2. The van der Waals surface area contributed by atoms with Crippen LogP contribution in [-0.4, -0.2) is 56.7 Å². The average molecular weight is 292 g/mol. The summed E-state index contributed by atoms with van der Waals surface area (Å²) in [4.78, 5) is 25.4. The summed E-state index contributed by atoms with van der Waals surface area (Å²) in [6.45, 7) is 1.38. The van der Waals surface area contributed by atoms with Crippen molar-refractivity contribution >= 4 is 11.8 Å². The van der Waals surface area contributed by atoms with Gasteiger partial charge < -0.3 is 19.7 Å². The molecule has 1 fully saturated rings. The van der Waals surface area contributed by atoms with E-state index >= 15 is 0 Å². The Morgan fingerprint density at radius 1 is 1.38 bits per heavy atom. The maximum atomic E-state index is 12.3. The highest BCUT2D eigenvalue weighted by molar-refractivity contribution is 5.97. The molecule has 1 aliphatic rings. The first-order valence-electron chi connectivity index (χ1n) is 6.87. The zero-order valence-electron chi connectivity index (χ0n) is 12.3. The topological polar surface area (TPSA) is 67.9 Å². The molecule has 1 aliphatic heterocycles. The minimum atomic E-state index is -0.226. The van der Waals surface area contributed by atoms with Crippen molar-refractivity contribution in [2.75, 3.05) is 33.9 Å². The predicted molar refractivity (Wildman–Crippen MR) is 77.3 cm³/mol. The van der Waals surface area contributed by atoms with E-state index in [0.717, 1.165) is 0 Å². The molecule has 0 aliphatic carbocycles. The number of amides is 2. The Balaban J connectivity index is 2.00. The molecule has 21 heavy (non-hydrogen) atoms. The van der Waals surface area contributed by atoms with Crippen LogP contribution in [-0.2, 0) is 9.53 Å². The summed E-state index contributed by atoms with van der Waals surface area (Å²) in [5.41, 5.74) is 0.468. The first-order valence-corrected chi connectivity index (χ1v) is 6.87. The SMILES string of the molecule is COCCOc1ccccc1C(=O)N[C@@H]1CC(=O)N(C)C1. The largest absolute Gasteiger partial charge is 0.490 e. The number of methoxy groups -OCH3 is 1. The first-order chi connectivity index (χ1) is 10.1. The highest BCUT2D eigenvalue weighted by Crippen LogP contribution is 2.19. The predicted octanol–water partition coefficient (Wildman–Crippen LogP) is 0.672. The fraction of sp³-hybridized carbons (Fsp3) is 0.467. The molecule has 1 saturated heterocycles. The number of benzene rings is 1. The fourth-order valence-electron chi connectivity index (χ4n) is 2.24. The van der Waals surface area contributed by atoms with Gasteiger partial charge in [-0.2, -0.15) is 0 Å². The Kier molecular flexibility index (Phi) is 5.16. The molecule has 0 radical (unpaired) electrons. The first kappa shape index (κ1) is 15.3. The number of likely N-dealkylation sites (tertiary alicyclic amines) is 1. The van der Waals surface area contributed by atoms with Gasteiger partial charge in [0.25, 0.3) is 5.91 Å². The molecule has 0 aromatic heterocycles. The number of carbonyl (C=O) groups excluding carboxylic acids is 2. The van der Waals surface area contributed by atoms with Crippen LogP contribution in [0.4, 0.5) is 0 Å². The van der Waals surface area contributed by atoms with Gasteiger partial charge in [0.1, 0.15) is 12.4 Å². The summed E-state index contributed by atoms with van der Waals surface area (Å²) in [5, 5.41) is 2.87. The van der Waals surface area contributed by atoms with E-state index < -0.39 is 0 Å². The van der Waals surface area contributed by atoms with Gasteiger partial charge in [0.05, 0.1) is 18.2 Å². The third-order valence-corrected chi connectivity index (χ3v) is 3.35. The Labute approximate surface area is 124 Å². The number of likely N-dealkylation sites (N-methyl/N-ethyl adjacent to an activating group) is 1. The van der Waals surface area contributed by atoms with E-state index in [4.69, 9.17) is 9.47 Å². The van der Waals surface area contributed by atoms with E-state index in [1.807, 2.05) is 6.07 Å². The monoisotopic (exact) mass is 292 g/mol. The lowest BCUT2D eigenvalue weighted by atomic mass is 10.1. The molecule has 1 heterocycles. The van der Waals surface area contributed by atoms with Crippen LogP contribution in [0.15, 0.2) is 24.3 Å². The van der Waals surface area contributed by atoms with Gasteiger partial charge in [0.2, 0.25) is 5.91 Å². The van der Waals surface area contributed by atoms with Gasteiger partial charge in [-0.25, -0.2) is 0 Å². The van der Waals surface area contributed by atoms with Crippen LogP contribution in [0.1, 0.15) is 16.8 Å². The van der Waals surface area contributed by atoms with E-state index in [9.17, 15) is 9.59 Å². The number of nitrogens with one attached hydrogen (secondary N) is 1. The quantitative estimate of drug-likeness (QED) is 0.783. The summed E-state index contributed by atoms with van der Waals surface area (Å²) in [6.07, 6.45) is 0.342. The van der Waals surface area contributed by atoms with Crippen LogP contribution in [0.25, 0.3) is 0 Å². The zero-order valence-corrected chi connectivity index (χ0v) is 12.3. The molecule has 0 saturated carbocycles. The summed E-state index contributed by atoms with van der Waals surface area (Å²) in [6, 6.07) is 6.90. The summed E-state index contributed by atoms with van der Waals surface area (Å²) < 4.78 is 10.5. The Morgan fingerprint density at radius 2 is 2.14 bits per heavy atom. The maximum Gasteiger partial charge on any atom is 0.255 e. The van der Waals surface area contributed by atoms with Crippen LogP contribution in [0.3, 0.4) is 0 Å². The molecule has 1 aromatic carbocycles. The van der Waals surface area contributed by atoms with Gasteiger partial charge in [-0.05, 0) is 12.1 Å². The third kappa shape index (κ3) is 3.95. The van der Waals surface area contributed by atoms with Gasteiger partial charge in [0, 0.05) is 27.1 Å². The van der Waals surface area contributed by atoms with Gasteiger partial charge in [-0.3, -0.25) is 9.59 Å². The second-order valence-electron chi connectivity index (χ2n) is 4.99. The molecule has 2 rings (SSSR count). The molecule has 114 valence electrons. The minimum absolute atomic E-state index is 0.0462. The molecule has 0 bridgehead atoms. The van der Waals surface area contributed by atoms with E-state index in [-0.39, 0.29) is 17.9 Å². The van der Waals surface area contributed by atoms with Crippen molar-refractivity contribution in [1.29, 1.82) is 0 Å². The molecule has 1 aromatic rings. The summed E-state index contributed by atoms with van der Waals surface area (Å²) >= 11 is 0. The highest BCUT2D eigenvalue weighted by Gasteiger charge is 2.28. The summed E-state index contributed by atoms with van der Waals surface area (Å²) in [7, 11) is 3.33. The fourth-order valence-corrected chi connectivity index (χ4v) is 2.24. The lowest BCUT2D eigenvalue weighted by Gasteiger charge is -2.15. The molecule has 1 N–H and O–H groups in total. The lowest BCUT2D eigenvalue weighted by molar-refractivity contribution is -0.126. The molecule has 6 heteroatoms. The average Bonchev–Trinajstić information content (AvgIpc) is 2.78. The smallest absolute Gasteiger partial charge is 0.255 e. The zero-order chi connectivity index (χ0) is 15.2. The van der Waals surface area contributed by atoms with Crippen LogP contribution in [0.2, 0.25) is 0 Å². The van der Waals surface area contributed by atoms with E-state index in [0.29, 0.717) is 37.5 Å². The normalized spacial score (nSPS) is 17.9. The second kappa shape index (κ2) is 7.08. The van der Waals surface area contributed by atoms with Crippen molar-refractivity contribution in [3.05, 3.63) is 29.8 Å². The highest BCUT2D eigenvalue weighted by atomic mass is 16.5. The molecule has 2 amide bonds. The van der Waals surface area contributed by atoms with Crippen molar-refractivity contribution in [3.8, 4) is 5.75 Å². The molecule has 0 unspecified atom stereocenters. The third-order valence-electron chi connectivity index (χ3n) is 3.35. The number of rotatable bonds is 6. The van der Waals surface area contributed by atoms with Gasteiger partial charge in [-0.1, -0.05) is 12.1 Å². The number of carbonyl (C=O) groups is 2. The van der Waals surface area contributed by atoms with Crippen LogP contribution >= 0.6 is 0 Å². The number of hydrogen-bond donors (Lipinski definition) is 1. The van der Waals surface area contributed by atoms with E-state index in [1.165, 1.54) is 0 Å². The number of hydrogen-bond acceptors (Lipinski definition) is 4. The molecular formula is C15H20N2O4. The van der Waals surface area contributed by atoms with Gasteiger partial charge in [0.15, 0.2) is 0 Å². The second-order valence-corrected chi connectivity index (χ2v) is 4.99. The van der Waals surface area contributed by atoms with Crippen LogP contribution < -0.4 is 10.1 Å². The number of para-hydroxylation sites is 1. The molecule has 6 nitrogen and oxygen atoms in total. The summed E-state index contributed by atoms with van der Waals surface area (Å²) in [5.74, 6) is 0.339. The molecule has 0 spiro atoms. The maximum absolute atomic E-state index is 12.3. The Hall–Kier alpha value is -2.08. The van der Waals surface area contributed by atoms with E-state index in [2.05, 4.69) is 5.32 Å². The minimum Gasteiger partial charge on any atom is -0.490 e. The van der Waals surface area contributed by atoms with Crippen LogP contribution in [0.5, 0.6) is 5.75 Å².